The molecular weight excluding hydrogens is 376 g/mol. The molecule has 2 spiro atoms. The molecule has 7 heteroatoms. The van der Waals surface area contributed by atoms with Gasteiger partial charge in [0.15, 0.2) is 5.78 Å². The number of Topliss-reactive ketones (excluding diaryl/α,β-unsaturated/α-hetero) is 1. The molecule has 6 aliphatic rings. The number of fused-ring (bicyclic) bond motifs is 2. The molecule has 2 heterocycles. The SMILES string of the molecule is C=C1C(=O)[C@]23[C@@H]4C[C@H]5[C@](CCC[C@@]5(C)C=O)(C(=O)O4)[C@@H]2[C@@H](OC(C)=O)C[C@@H]1[C@H]3O. The first-order valence-electron chi connectivity index (χ1n) is 10.4. The molecule has 4 saturated carbocycles. The molecule has 0 aromatic carbocycles. The molecule has 0 amide bonds. The minimum atomic E-state index is -1.34. The molecule has 4 aliphatic carbocycles. The Morgan fingerprint density at radius 2 is 2.03 bits per heavy atom. The van der Waals surface area contributed by atoms with Crippen molar-refractivity contribution in [1.82, 2.24) is 0 Å². The zero-order valence-electron chi connectivity index (χ0n) is 16.7. The van der Waals surface area contributed by atoms with Crippen LogP contribution in [0.25, 0.3) is 0 Å². The standard InChI is InChI=1S/C22H26O7/c1-10-12-7-13(28-11(2)24)16-21-6-4-5-20(3,9-23)14(21)8-15(29-19(21)27)22(16,17(10)25)18(12)26/h9,12-16,18,26H,1,4-8H2,2-3H3/t12-,13-,14+,15-,16-,18+,20-,21-,22-/m0/s1. The number of carbonyl (C=O) groups excluding carboxylic acids is 4. The Labute approximate surface area is 168 Å². The van der Waals surface area contributed by atoms with Gasteiger partial charge < -0.3 is 19.4 Å². The lowest BCUT2D eigenvalue weighted by Gasteiger charge is -2.68. The maximum Gasteiger partial charge on any atom is 0.313 e. The Morgan fingerprint density at radius 3 is 2.69 bits per heavy atom. The molecule has 29 heavy (non-hydrogen) atoms. The summed E-state index contributed by atoms with van der Waals surface area (Å²) in [7, 11) is 0. The molecule has 7 nitrogen and oxygen atoms in total. The van der Waals surface area contributed by atoms with Crippen molar-refractivity contribution in [3.05, 3.63) is 12.2 Å². The summed E-state index contributed by atoms with van der Waals surface area (Å²) >= 11 is 0. The van der Waals surface area contributed by atoms with E-state index in [9.17, 15) is 24.3 Å². The van der Waals surface area contributed by atoms with Crippen LogP contribution >= 0.6 is 0 Å². The van der Waals surface area contributed by atoms with Crippen LogP contribution in [0.15, 0.2) is 12.2 Å². The molecule has 2 saturated heterocycles. The lowest BCUT2D eigenvalue weighted by atomic mass is 9.37. The second-order valence-electron chi connectivity index (χ2n) is 9.90. The molecule has 4 bridgehead atoms. The van der Waals surface area contributed by atoms with E-state index in [1.54, 1.807) is 0 Å². The Kier molecular flexibility index (Phi) is 3.64. The van der Waals surface area contributed by atoms with E-state index in [4.69, 9.17) is 9.47 Å². The Balaban J connectivity index is 1.77. The number of aliphatic hydroxyl groups excluding tert-OH is 1. The van der Waals surface area contributed by atoms with E-state index >= 15 is 0 Å². The van der Waals surface area contributed by atoms with Gasteiger partial charge in [-0.3, -0.25) is 14.4 Å². The van der Waals surface area contributed by atoms with E-state index in [1.165, 1.54) is 6.92 Å². The van der Waals surface area contributed by atoms with Crippen LogP contribution in [0.4, 0.5) is 0 Å². The fraction of sp³-hybridized carbons (Fsp3) is 0.727. The summed E-state index contributed by atoms with van der Waals surface area (Å²) in [5.74, 6) is -2.72. The smallest absolute Gasteiger partial charge is 0.313 e. The van der Waals surface area contributed by atoms with Crippen LogP contribution in [-0.2, 0) is 28.7 Å². The summed E-state index contributed by atoms with van der Waals surface area (Å²) in [5, 5.41) is 11.3. The summed E-state index contributed by atoms with van der Waals surface area (Å²) in [6, 6.07) is 0. The van der Waals surface area contributed by atoms with E-state index in [0.717, 1.165) is 6.29 Å². The Morgan fingerprint density at radius 1 is 1.31 bits per heavy atom. The minimum Gasteiger partial charge on any atom is -0.462 e. The molecule has 6 rings (SSSR count). The molecule has 1 N–H and O–H groups in total. The Bertz CT molecular complexity index is 863. The largest absolute Gasteiger partial charge is 0.462 e. The van der Waals surface area contributed by atoms with Crippen LogP contribution < -0.4 is 0 Å². The first kappa shape index (κ1) is 19.0. The van der Waals surface area contributed by atoms with E-state index < -0.39 is 58.3 Å². The van der Waals surface area contributed by atoms with Gasteiger partial charge >= 0.3 is 11.9 Å². The third kappa shape index (κ3) is 1.89. The fourth-order valence-corrected chi connectivity index (χ4v) is 7.88. The van der Waals surface area contributed by atoms with E-state index in [1.807, 2.05) is 6.92 Å². The van der Waals surface area contributed by atoms with Crippen molar-refractivity contribution in [3.8, 4) is 0 Å². The third-order valence-electron chi connectivity index (χ3n) is 8.85. The fourth-order valence-electron chi connectivity index (χ4n) is 7.88. The normalized spacial score (nSPS) is 52.4. The van der Waals surface area contributed by atoms with Crippen molar-refractivity contribution in [3.63, 3.8) is 0 Å². The number of aliphatic hydroxyl groups is 1. The first-order chi connectivity index (χ1) is 13.6. The topological polar surface area (TPSA) is 107 Å². The molecule has 0 radical (unpaired) electrons. The van der Waals surface area contributed by atoms with Gasteiger partial charge in [-0.25, -0.2) is 0 Å². The molecular formula is C22H26O7. The van der Waals surface area contributed by atoms with Gasteiger partial charge in [0.05, 0.1) is 11.5 Å². The molecule has 156 valence electrons. The number of hydrogen-bond acceptors (Lipinski definition) is 7. The van der Waals surface area contributed by atoms with E-state index in [-0.39, 0.29) is 18.1 Å². The van der Waals surface area contributed by atoms with Gasteiger partial charge in [-0.1, -0.05) is 19.9 Å². The lowest BCUT2D eigenvalue weighted by Crippen LogP contribution is -2.77. The lowest BCUT2D eigenvalue weighted by molar-refractivity contribution is -0.296. The van der Waals surface area contributed by atoms with Crippen molar-refractivity contribution >= 4 is 24.0 Å². The second kappa shape index (κ2) is 5.56. The average molecular weight is 402 g/mol. The van der Waals surface area contributed by atoms with Gasteiger partial charge in [0.2, 0.25) is 0 Å². The van der Waals surface area contributed by atoms with Crippen molar-refractivity contribution in [1.29, 1.82) is 0 Å². The predicted molar refractivity (Wildman–Crippen MR) is 98.2 cm³/mol. The number of aldehydes is 1. The van der Waals surface area contributed by atoms with Crippen molar-refractivity contribution < 1.29 is 33.8 Å². The average Bonchev–Trinajstić information content (AvgIpc) is 2.78. The molecule has 0 aromatic heterocycles. The van der Waals surface area contributed by atoms with Crippen LogP contribution in [0.5, 0.6) is 0 Å². The van der Waals surface area contributed by atoms with Crippen molar-refractivity contribution in [2.75, 3.05) is 0 Å². The number of ether oxygens (including phenoxy) is 2. The third-order valence-corrected chi connectivity index (χ3v) is 8.85. The summed E-state index contributed by atoms with van der Waals surface area (Å²) in [6.45, 7) is 7.10. The van der Waals surface area contributed by atoms with Gasteiger partial charge in [-0.15, -0.1) is 0 Å². The van der Waals surface area contributed by atoms with Gasteiger partial charge in [0.1, 0.15) is 23.9 Å². The highest BCUT2D eigenvalue weighted by atomic mass is 16.6. The predicted octanol–water partition coefficient (Wildman–Crippen LogP) is 1.36. The van der Waals surface area contributed by atoms with Crippen molar-refractivity contribution in [2.24, 2.45) is 34.0 Å². The number of carbonyl (C=O) groups is 4. The quantitative estimate of drug-likeness (QED) is 0.422. The Hall–Kier alpha value is -2.02. The van der Waals surface area contributed by atoms with Crippen LogP contribution in [0, 0.1) is 34.0 Å². The first-order valence-corrected chi connectivity index (χ1v) is 10.4. The van der Waals surface area contributed by atoms with E-state index in [2.05, 4.69) is 6.58 Å². The monoisotopic (exact) mass is 402 g/mol. The van der Waals surface area contributed by atoms with Gasteiger partial charge in [0.25, 0.3) is 0 Å². The molecule has 6 fully saturated rings. The van der Waals surface area contributed by atoms with Gasteiger partial charge in [-0.2, -0.15) is 0 Å². The molecule has 0 unspecified atom stereocenters. The summed E-state index contributed by atoms with van der Waals surface area (Å²) in [4.78, 5) is 50.9. The molecule has 0 aromatic rings. The summed E-state index contributed by atoms with van der Waals surface area (Å²) < 4.78 is 11.5. The van der Waals surface area contributed by atoms with E-state index in [0.29, 0.717) is 31.3 Å². The highest BCUT2D eigenvalue weighted by Crippen LogP contribution is 2.74. The van der Waals surface area contributed by atoms with Crippen molar-refractivity contribution in [2.45, 2.75) is 64.3 Å². The summed E-state index contributed by atoms with van der Waals surface area (Å²) in [6.07, 6.45) is 0.706. The van der Waals surface area contributed by atoms with Crippen LogP contribution in [-0.4, -0.2) is 47.4 Å². The van der Waals surface area contributed by atoms with Gasteiger partial charge in [-0.05, 0) is 37.2 Å². The minimum absolute atomic E-state index is 0.254. The van der Waals surface area contributed by atoms with Crippen LogP contribution in [0.2, 0.25) is 0 Å². The number of hydrogen-bond donors (Lipinski definition) is 1. The maximum absolute atomic E-state index is 13.5. The zero-order valence-corrected chi connectivity index (χ0v) is 16.7. The molecule has 9 atom stereocenters. The number of rotatable bonds is 2. The zero-order chi connectivity index (χ0) is 20.9. The second-order valence-corrected chi connectivity index (χ2v) is 9.90. The maximum atomic E-state index is 13.5. The van der Waals surface area contributed by atoms with Gasteiger partial charge in [0, 0.05) is 24.2 Å². The highest BCUT2D eigenvalue weighted by molar-refractivity contribution is 6.06. The molecule has 2 aliphatic heterocycles. The number of esters is 2. The number of ketones is 1. The summed E-state index contributed by atoms with van der Waals surface area (Å²) in [5.41, 5.74) is -2.87. The van der Waals surface area contributed by atoms with Crippen LogP contribution in [0.3, 0.4) is 0 Å². The highest BCUT2D eigenvalue weighted by Gasteiger charge is 2.83. The van der Waals surface area contributed by atoms with Crippen LogP contribution in [0.1, 0.15) is 46.0 Å².